The summed E-state index contributed by atoms with van der Waals surface area (Å²) in [7, 11) is 1.38. The number of nitrogens with one attached hydrogen (secondary N) is 1. The number of benzene rings is 1. The molecular weight excluding hydrogens is 224 g/mol. The Bertz CT molecular complexity index is 441. The Labute approximate surface area is 98.4 Å². The molecule has 0 spiro atoms. The number of phenols is 1. The van der Waals surface area contributed by atoms with E-state index < -0.39 is 4.92 Å². The van der Waals surface area contributed by atoms with E-state index in [0.29, 0.717) is 5.56 Å². The lowest BCUT2D eigenvalue weighted by atomic mass is 10.0. The molecular formula is C11H14N2O4. The Balaban J connectivity index is 2.48. The summed E-state index contributed by atoms with van der Waals surface area (Å²) in [4.78, 5) is 10.3. The summed E-state index contributed by atoms with van der Waals surface area (Å²) in [5.41, 5.74) is 0.469. The molecule has 1 aromatic carbocycles. The van der Waals surface area contributed by atoms with Gasteiger partial charge < -0.3 is 15.2 Å². The van der Waals surface area contributed by atoms with Gasteiger partial charge in [-0.1, -0.05) is 0 Å². The number of methoxy groups -OCH3 is 1. The SMILES string of the molecule is COc1cc([N+](=O)[O-])cc([C@H]2CCCN2)c1O. The highest BCUT2D eigenvalue weighted by Gasteiger charge is 2.24. The molecule has 0 radical (unpaired) electrons. The van der Waals surface area contributed by atoms with E-state index in [4.69, 9.17) is 4.74 Å². The average Bonchev–Trinajstić information content (AvgIpc) is 2.82. The van der Waals surface area contributed by atoms with Crippen molar-refractivity contribution in [1.29, 1.82) is 0 Å². The van der Waals surface area contributed by atoms with Gasteiger partial charge in [0.15, 0.2) is 11.5 Å². The van der Waals surface area contributed by atoms with Gasteiger partial charge in [-0.25, -0.2) is 0 Å². The lowest BCUT2D eigenvalue weighted by Crippen LogP contribution is -2.13. The van der Waals surface area contributed by atoms with Gasteiger partial charge in [-0.2, -0.15) is 0 Å². The van der Waals surface area contributed by atoms with Gasteiger partial charge in [0.25, 0.3) is 5.69 Å². The Morgan fingerprint density at radius 2 is 2.35 bits per heavy atom. The molecule has 0 unspecified atom stereocenters. The fourth-order valence-corrected chi connectivity index (χ4v) is 2.09. The molecule has 0 aliphatic carbocycles. The number of rotatable bonds is 3. The van der Waals surface area contributed by atoms with E-state index >= 15 is 0 Å². The zero-order valence-electron chi connectivity index (χ0n) is 9.47. The van der Waals surface area contributed by atoms with E-state index in [2.05, 4.69) is 5.32 Å². The molecule has 1 atom stereocenters. The van der Waals surface area contributed by atoms with Crippen LogP contribution in [-0.4, -0.2) is 23.7 Å². The second-order valence-electron chi connectivity index (χ2n) is 3.99. The Kier molecular flexibility index (Phi) is 3.14. The number of non-ortho nitro benzene ring substituents is 1. The quantitative estimate of drug-likeness (QED) is 0.618. The van der Waals surface area contributed by atoms with E-state index in [-0.39, 0.29) is 23.2 Å². The first-order chi connectivity index (χ1) is 8.13. The van der Waals surface area contributed by atoms with Crippen LogP contribution < -0.4 is 10.1 Å². The Hall–Kier alpha value is -1.82. The Morgan fingerprint density at radius 1 is 1.59 bits per heavy atom. The third-order valence-electron chi connectivity index (χ3n) is 2.96. The number of hydrogen-bond acceptors (Lipinski definition) is 5. The molecule has 0 saturated carbocycles. The van der Waals surface area contributed by atoms with Crippen molar-refractivity contribution in [3.8, 4) is 11.5 Å². The highest BCUT2D eigenvalue weighted by atomic mass is 16.6. The van der Waals surface area contributed by atoms with Crippen molar-refractivity contribution in [3.63, 3.8) is 0 Å². The smallest absolute Gasteiger partial charge is 0.273 e. The molecule has 2 rings (SSSR count). The molecule has 92 valence electrons. The van der Waals surface area contributed by atoms with Crippen LogP contribution in [0.5, 0.6) is 11.5 Å². The molecule has 6 heteroatoms. The number of nitro benzene ring substituents is 1. The molecule has 0 aromatic heterocycles. The van der Waals surface area contributed by atoms with Crippen LogP contribution in [0.1, 0.15) is 24.4 Å². The standard InChI is InChI=1S/C11H14N2O4/c1-17-10-6-7(13(15)16)5-8(11(10)14)9-3-2-4-12-9/h5-6,9,12,14H,2-4H2,1H3/t9-/m1/s1. The normalized spacial score (nSPS) is 19.2. The maximum Gasteiger partial charge on any atom is 0.273 e. The first kappa shape index (κ1) is 11.7. The van der Waals surface area contributed by atoms with Crippen LogP contribution in [0, 0.1) is 10.1 Å². The predicted octanol–water partition coefficient (Wildman–Crippen LogP) is 1.73. The van der Waals surface area contributed by atoms with Gasteiger partial charge in [0.2, 0.25) is 0 Å². The number of phenolic OH excluding ortho intramolecular Hbond substituents is 1. The van der Waals surface area contributed by atoms with E-state index in [9.17, 15) is 15.2 Å². The first-order valence-electron chi connectivity index (χ1n) is 5.42. The van der Waals surface area contributed by atoms with E-state index in [1.807, 2.05) is 0 Å². The summed E-state index contributed by atoms with van der Waals surface area (Å²) in [5.74, 6) is 0.125. The highest BCUT2D eigenvalue weighted by Crippen LogP contribution is 2.39. The Morgan fingerprint density at radius 3 is 2.88 bits per heavy atom. The third-order valence-corrected chi connectivity index (χ3v) is 2.96. The number of nitro groups is 1. The van der Waals surface area contributed by atoms with E-state index in [0.717, 1.165) is 19.4 Å². The van der Waals surface area contributed by atoms with Crippen molar-refractivity contribution >= 4 is 5.69 Å². The summed E-state index contributed by atoms with van der Waals surface area (Å²) in [6, 6.07) is 2.60. The lowest BCUT2D eigenvalue weighted by molar-refractivity contribution is -0.385. The number of hydrogen-bond donors (Lipinski definition) is 2. The molecule has 1 aliphatic rings. The lowest BCUT2D eigenvalue weighted by Gasteiger charge is -2.14. The van der Waals surface area contributed by atoms with Crippen LogP contribution in [0.25, 0.3) is 0 Å². The minimum absolute atomic E-state index is 0.0162. The van der Waals surface area contributed by atoms with Crippen LogP contribution in [0.15, 0.2) is 12.1 Å². The van der Waals surface area contributed by atoms with E-state index in [1.165, 1.54) is 19.2 Å². The maximum absolute atomic E-state index is 10.8. The molecule has 1 aromatic rings. The highest BCUT2D eigenvalue weighted by molar-refractivity contribution is 5.54. The summed E-state index contributed by atoms with van der Waals surface area (Å²) < 4.78 is 4.95. The summed E-state index contributed by atoms with van der Waals surface area (Å²) in [6.45, 7) is 0.856. The number of aromatic hydroxyl groups is 1. The first-order valence-corrected chi connectivity index (χ1v) is 5.42. The summed E-state index contributed by atoms with van der Waals surface area (Å²) in [6.07, 6.45) is 1.85. The summed E-state index contributed by atoms with van der Waals surface area (Å²) in [5, 5.41) is 24.0. The van der Waals surface area contributed by atoms with E-state index in [1.54, 1.807) is 0 Å². The van der Waals surface area contributed by atoms with Crippen molar-refractivity contribution in [2.75, 3.05) is 13.7 Å². The molecule has 17 heavy (non-hydrogen) atoms. The van der Waals surface area contributed by atoms with Gasteiger partial charge in [0, 0.05) is 17.7 Å². The molecule has 1 heterocycles. The van der Waals surface area contributed by atoms with Crippen LogP contribution in [0.4, 0.5) is 5.69 Å². The van der Waals surface area contributed by atoms with Crippen molar-refractivity contribution in [3.05, 3.63) is 27.8 Å². The largest absolute Gasteiger partial charge is 0.504 e. The molecule has 2 N–H and O–H groups in total. The molecule has 1 aliphatic heterocycles. The third kappa shape index (κ3) is 2.16. The van der Waals surface area contributed by atoms with Gasteiger partial charge in [-0.3, -0.25) is 10.1 Å². The van der Waals surface area contributed by atoms with Gasteiger partial charge in [0.05, 0.1) is 18.1 Å². The predicted molar refractivity (Wildman–Crippen MR) is 61.3 cm³/mol. The monoisotopic (exact) mass is 238 g/mol. The maximum atomic E-state index is 10.8. The number of ether oxygens (including phenoxy) is 1. The number of nitrogens with zero attached hydrogens (tertiary/aromatic N) is 1. The molecule has 1 saturated heterocycles. The fraction of sp³-hybridized carbons (Fsp3) is 0.455. The van der Waals surface area contributed by atoms with Crippen molar-refractivity contribution < 1.29 is 14.8 Å². The zero-order chi connectivity index (χ0) is 12.4. The minimum atomic E-state index is -0.486. The average molecular weight is 238 g/mol. The van der Waals surface area contributed by atoms with Crippen LogP contribution in [0.2, 0.25) is 0 Å². The summed E-state index contributed by atoms with van der Waals surface area (Å²) >= 11 is 0. The zero-order valence-corrected chi connectivity index (χ0v) is 9.47. The molecule has 1 fully saturated rings. The minimum Gasteiger partial charge on any atom is -0.504 e. The van der Waals surface area contributed by atoms with Gasteiger partial charge in [0.1, 0.15) is 0 Å². The van der Waals surface area contributed by atoms with Crippen molar-refractivity contribution in [1.82, 2.24) is 5.32 Å². The molecule has 0 bridgehead atoms. The van der Waals surface area contributed by atoms with Gasteiger partial charge >= 0.3 is 0 Å². The second-order valence-corrected chi connectivity index (χ2v) is 3.99. The second kappa shape index (κ2) is 4.58. The van der Waals surface area contributed by atoms with Crippen LogP contribution >= 0.6 is 0 Å². The van der Waals surface area contributed by atoms with Crippen molar-refractivity contribution in [2.45, 2.75) is 18.9 Å². The van der Waals surface area contributed by atoms with Gasteiger partial charge in [-0.05, 0) is 19.4 Å². The topological polar surface area (TPSA) is 84.6 Å². The molecule has 0 amide bonds. The van der Waals surface area contributed by atoms with Crippen LogP contribution in [-0.2, 0) is 0 Å². The fourth-order valence-electron chi connectivity index (χ4n) is 2.09. The van der Waals surface area contributed by atoms with Crippen LogP contribution in [0.3, 0.4) is 0 Å². The van der Waals surface area contributed by atoms with Gasteiger partial charge in [-0.15, -0.1) is 0 Å². The molecule has 6 nitrogen and oxygen atoms in total. The van der Waals surface area contributed by atoms with Crippen molar-refractivity contribution in [2.24, 2.45) is 0 Å².